The molecule has 1 unspecified atom stereocenters. The highest BCUT2D eigenvalue weighted by Gasteiger charge is 2.30. The number of rotatable bonds is 6. The zero-order valence-corrected chi connectivity index (χ0v) is 13.1. The summed E-state index contributed by atoms with van der Waals surface area (Å²) < 4.78 is 23.1. The molecule has 0 spiro atoms. The van der Waals surface area contributed by atoms with Crippen LogP contribution >= 0.6 is 0 Å². The Labute approximate surface area is 125 Å². The van der Waals surface area contributed by atoms with Crippen LogP contribution in [0.1, 0.15) is 44.3 Å². The fourth-order valence-electron chi connectivity index (χ4n) is 2.53. The molecule has 1 saturated carbocycles. The van der Waals surface area contributed by atoms with Crippen LogP contribution in [0.25, 0.3) is 0 Å². The van der Waals surface area contributed by atoms with Crippen molar-refractivity contribution in [2.45, 2.75) is 44.6 Å². The lowest BCUT2D eigenvalue weighted by atomic mass is 10.2. The molecule has 1 saturated heterocycles. The van der Waals surface area contributed by atoms with E-state index in [1.807, 2.05) is 6.07 Å². The second-order valence-corrected chi connectivity index (χ2v) is 8.17. The van der Waals surface area contributed by atoms with Gasteiger partial charge in [0.1, 0.15) is 17.5 Å². The monoisotopic (exact) mass is 310 g/mol. The van der Waals surface area contributed by atoms with Gasteiger partial charge in [-0.1, -0.05) is 6.92 Å². The molecule has 1 aromatic heterocycles. The number of aromatic nitrogens is 2. The van der Waals surface area contributed by atoms with Crippen LogP contribution in [0.2, 0.25) is 0 Å². The number of hydrogen-bond acceptors (Lipinski definition) is 6. The fourth-order valence-corrected chi connectivity index (χ4v) is 4.20. The summed E-state index contributed by atoms with van der Waals surface area (Å²) in [5.74, 6) is 3.39. The molecule has 1 aromatic rings. The third-order valence-corrected chi connectivity index (χ3v) is 5.59. The maximum Gasteiger partial charge on any atom is 0.152 e. The van der Waals surface area contributed by atoms with Crippen LogP contribution in [0, 0.1) is 0 Å². The average Bonchev–Trinajstić information content (AvgIpc) is 3.22. The molecule has 116 valence electrons. The summed E-state index contributed by atoms with van der Waals surface area (Å²) in [6.45, 7) is 2.98. The van der Waals surface area contributed by atoms with Crippen molar-refractivity contribution >= 4 is 21.5 Å². The molecule has 2 fully saturated rings. The lowest BCUT2D eigenvalue weighted by molar-refractivity contribution is 0.602. The number of anilines is 2. The van der Waals surface area contributed by atoms with E-state index in [2.05, 4.69) is 27.5 Å². The predicted molar refractivity (Wildman–Crippen MR) is 83.5 cm³/mol. The van der Waals surface area contributed by atoms with Gasteiger partial charge in [0.2, 0.25) is 0 Å². The van der Waals surface area contributed by atoms with Crippen LogP contribution in [0.4, 0.5) is 11.6 Å². The molecule has 0 bridgehead atoms. The van der Waals surface area contributed by atoms with Crippen LogP contribution in [0.15, 0.2) is 6.07 Å². The molecule has 0 radical (unpaired) electrons. The van der Waals surface area contributed by atoms with Crippen LogP contribution in [-0.4, -0.2) is 42.5 Å². The number of nitrogens with one attached hydrogen (secondary N) is 2. The molecule has 2 heterocycles. The number of hydrogen-bond donors (Lipinski definition) is 2. The zero-order valence-electron chi connectivity index (χ0n) is 12.3. The van der Waals surface area contributed by atoms with Gasteiger partial charge < -0.3 is 10.6 Å². The Balaban J connectivity index is 1.75. The molecule has 7 heteroatoms. The standard InChI is InChI=1S/C14H22N4O2S/c1-2-6-15-12-8-13(18-14(17-12)10-3-4-10)16-11-5-7-21(19,20)9-11/h8,10-11H,2-7,9H2,1H3,(H2,15,16,17,18). The maximum atomic E-state index is 11.5. The Morgan fingerprint density at radius 1 is 1.24 bits per heavy atom. The second kappa shape index (κ2) is 5.79. The lowest BCUT2D eigenvalue weighted by Gasteiger charge is -2.14. The molecule has 1 atom stereocenters. The van der Waals surface area contributed by atoms with Gasteiger partial charge in [-0.3, -0.25) is 0 Å². The Hall–Kier alpha value is -1.37. The molecule has 2 aliphatic rings. The number of sulfone groups is 1. The minimum Gasteiger partial charge on any atom is -0.370 e. The molecule has 0 aromatic carbocycles. The van der Waals surface area contributed by atoms with E-state index in [9.17, 15) is 8.42 Å². The first kappa shape index (κ1) is 14.6. The van der Waals surface area contributed by atoms with Gasteiger partial charge in [-0.05, 0) is 25.7 Å². The Bertz CT molecular complexity index is 613. The highest BCUT2D eigenvalue weighted by molar-refractivity contribution is 7.91. The van der Waals surface area contributed by atoms with E-state index < -0.39 is 9.84 Å². The van der Waals surface area contributed by atoms with Crippen molar-refractivity contribution < 1.29 is 8.42 Å². The van der Waals surface area contributed by atoms with Gasteiger partial charge in [0.15, 0.2) is 9.84 Å². The van der Waals surface area contributed by atoms with E-state index in [4.69, 9.17) is 0 Å². The Morgan fingerprint density at radius 2 is 2.00 bits per heavy atom. The smallest absolute Gasteiger partial charge is 0.152 e. The summed E-state index contributed by atoms with van der Waals surface area (Å²) in [5.41, 5.74) is 0. The van der Waals surface area contributed by atoms with E-state index in [1.54, 1.807) is 0 Å². The minimum atomic E-state index is -2.88. The van der Waals surface area contributed by atoms with Crippen LogP contribution in [-0.2, 0) is 9.84 Å². The second-order valence-electron chi connectivity index (χ2n) is 5.94. The van der Waals surface area contributed by atoms with Gasteiger partial charge >= 0.3 is 0 Å². The Kier molecular flexibility index (Phi) is 4.01. The summed E-state index contributed by atoms with van der Waals surface area (Å²) >= 11 is 0. The SMILES string of the molecule is CCCNc1cc(NC2CCS(=O)(=O)C2)nc(C2CC2)n1. The molecule has 6 nitrogen and oxygen atoms in total. The van der Waals surface area contributed by atoms with Gasteiger partial charge in [0.05, 0.1) is 11.5 Å². The highest BCUT2D eigenvalue weighted by Crippen LogP contribution is 2.39. The largest absolute Gasteiger partial charge is 0.370 e. The molecule has 1 aliphatic heterocycles. The Morgan fingerprint density at radius 3 is 2.62 bits per heavy atom. The molecule has 2 N–H and O–H groups in total. The molecular weight excluding hydrogens is 288 g/mol. The van der Waals surface area contributed by atoms with E-state index in [-0.39, 0.29) is 17.5 Å². The molecule has 21 heavy (non-hydrogen) atoms. The lowest BCUT2D eigenvalue weighted by Crippen LogP contribution is -2.22. The minimum absolute atomic E-state index is 0.0315. The van der Waals surface area contributed by atoms with Crippen molar-refractivity contribution in [3.05, 3.63) is 11.9 Å². The summed E-state index contributed by atoms with van der Waals surface area (Å²) in [4.78, 5) is 9.11. The first-order valence-electron chi connectivity index (χ1n) is 7.65. The molecule has 1 aliphatic carbocycles. The van der Waals surface area contributed by atoms with Gasteiger partial charge in [0, 0.05) is 24.6 Å². The summed E-state index contributed by atoms with van der Waals surface area (Å²) in [5, 5.41) is 6.56. The summed E-state index contributed by atoms with van der Waals surface area (Å²) in [7, 11) is -2.88. The van der Waals surface area contributed by atoms with Gasteiger partial charge in [-0.2, -0.15) is 0 Å². The van der Waals surface area contributed by atoms with Crippen molar-refractivity contribution in [1.29, 1.82) is 0 Å². The third-order valence-electron chi connectivity index (χ3n) is 3.83. The van der Waals surface area contributed by atoms with Crippen molar-refractivity contribution in [2.24, 2.45) is 0 Å². The van der Waals surface area contributed by atoms with Crippen molar-refractivity contribution in [3.8, 4) is 0 Å². The van der Waals surface area contributed by atoms with E-state index in [1.165, 1.54) is 0 Å². The fraction of sp³-hybridized carbons (Fsp3) is 0.714. The quantitative estimate of drug-likeness (QED) is 0.833. The maximum absolute atomic E-state index is 11.5. The summed E-state index contributed by atoms with van der Waals surface area (Å²) in [6.07, 6.45) is 3.98. The molecule has 0 amide bonds. The predicted octanol–water partition coefficient (Wildman–Crippen LogP) is 1.77. The summed E-state index contributed by atoms with van der Waals surface area (Å²) in [6, 6.07) is 1.85. The van der Waals surface area contributed by atoms with E-state index >= 15 is 0 Å². The normalized spacial score (nSPS) is 24.0. The van der Waals surface area contributed by atoms with Crippen LogP contribution in [0.5, 0.6) is 0 Å². The van der Waals surface area contributed by atoms with Gasteiger partial charge in [-0.15, -0.1) is 0 Å². The first-order valence-corrected chi connectivity index (χ1v) is 9.47. The topological polar surface area (TPSA) is 84.0 Å². The van der Waals surface area contributed by atoms with Crippen LogP contribution in [0.3, 0.4) is 0 Å². The van der Waals surface area contributed by atoms with E-state index in [0.29, 0.717) is 12.3 Å². The first-order chi connectivity index (χ1) is 10.1. The van der Waals surface area contributed by atoms with Crippen LogP contribution < -0.4 is 10.6 Å². The third kappa shape index (κ3) is 3.84. The van der Waals surface area contributed by atoms with Crippen molar-refractivity contribution in [1.82, 2.24) is 9.97 Å². The van der Waals surface area contributed by atoms with Crippen molar-refractivity contribution in [3.63, 3.8) is 0 Å². The van der Waals surface area contributed by atoms with Gasteiger partial charge in [0.25, 0.3) is 0 Å². The molecular formula is C14H22N4O2S. The zero-order chi connectivity index (χ0) is 14.9. The molecule has 3 rings (SSSR count). The highest BCUT2D eigenvalue weighted by atomic mass is 32.2. The van der Waals surface area contributed by atoms with Gasteiger partial charge in [-0.25, -0.2) is 18.4 Å². The van der Waals surface area contributed by atoms with Crippen molar-refractivity contribution in [2.75, 3.05) is 28.7 Å². The van der Waals surface area contributed by atoms with E-state index in [0.717, 1.165) is 43.3 Å². The number of nitrogens with zero attached hydrogens (tertiary/aromatic N) is 2. The average molecular weight is 310 g/mol.